The Bertz CT molecular complexity index is 689. The van der Waals surface area contributed by atoms with Crippen molar-refractivity contribution >= 4 is 11.6 Å². The lowest BCUT2D eigenvalue weighted by Crippen LogP contribution is -2.20. The smallest absolute Gasteiger partial charge is 0.267 e. The molecule has 1 saturated carbocycles. The fraction of sp³-hybridized carbons (Fsp3) is 0.300. The second-order valence-electron chi connectivity index (χ2n) is 5.98. The van der Waals surface area contributed by atoms with Crippen LogP contribution in [-0.2, 0) is 0 Å². The van der Waals surface area contributed by atoms with Crippen molar-refractivity contribution in [1.29, 1.82) is 0 Å². The fourth-order valence-electron chi connectivity index (χ4n) is 3.12. The van der Waals surface area contributed by atoms with Crippen LogP contribution in [-0.4, -0.2) is 11.6 Å². The standard InChI is InChI=1S/C20H22N2O/c1-2-15-9-6-10-19(15)21-22-20(23)18-13-11-17(12-14-18)16-7-4-3-5-8-16/h3-5,7-8,11-15H,2,6,9-10H2,1H3,(H,22,23)/b21-19+. The molecule has 0 aliphatic heterocycles. The van der Waals surface area contributed by atoms with Crippen molar-refractivity contribution in [3.05, 3.63) is 60.2 Å². The molecule has 1 amide bonds. The van der Waals surface area contributed by atoms with E-state index in [9.17, 15) is 4.79 Å². The van der Waals surface area contributed by atoms with E-state index in [1.165, 1.54) is 12.8 Å². The summed E-state index contributed by atoms with van der Waals surface area (Å²) < 4.78 is 0. The number of amides is 1. The predicted molar refractivity (Wildman–Crippen MR) is 94.4 cm³/mol. The molecule has 0 radical (unpaired) electrons. The highest BCUT2D eigenvalue weighted by molar-refractivity contribution is 5.96. The van der Waals surface area contributed by atoms with E-state index in [2.05, 4.69) is 29.6 Å². The minimum absolute atomic E-state index is 0.140. The minimum atomic E-state index is -0.140. The van der Waals surface area contributed by atoms with Gasteiger partial charge in [0.25, 0.3) is 5.91 Å². The third-order valence-electron chi connectivity index (χ3n) is 4.50. The first-order valence-electron chi connectivity index (χ1n) is 8.30. The van der Waals surface area contributed by atoms with E-state index >= 15 is 0 Å². The Morgan fingerprint density at radius 1 is 1.09 bits per heavy atom. The van der Waals surface area contributed by atoms with Crippen LogP contribution in [0.15, 0.2) is 59.7 Å². The molecule has 1 fully saturated rings. The number of hydrazone groups is 1. The molecule has 118 valence electrons. The van der Waals surface area contributed by atoms with Crippen LogP contribution >= 0.6 is 0 Å². The van der Waals surface area contributed by atoms with Crippen LogP contribution in [0.25, 0.3) is 11.1 Å². The fourth-order valence-corrected chi connectivity index (χ4v) is 3.12. The summed E-state index contributed by atoms with van der Waals surface area (Å²) in [6.45, 7) is 2.18. The average Bonchev–Trinajstić information content (AvgIpc) is 3.08. The van der Waals surface area contributed by atoms with Gasteiger partial charge in [-0.05, 0) is 54.9 Å². The number of nitrogens with one attached hydrogen (secondary N) is 1. The number of rotatable bonds is 4. The second kappa shape index (κ2) is 7.23. The Morgan fingerprint density at radius 3 is 2.48 bits per heavy atom. The maximum Gasteiger partial charge on any atom is 0.271 e. The molecule has 0 saturated heterocycles. The first-order chi connectivity index (χ1) is 11.3. The molecule has 0 bridgehead atoms. The summed E-state index contributed by atoms with van der Waals surface area (Å²) in [6.07, 6.45) is 4.47. The van der Waals surface area contributed by atoms with Gasteiger partial charge in [-0.25, -0.2) is 5.43 Å². The van der Waals surface area contributed by atoms with Gasteiger partial charge >= 0.3 is 0 Å². The number of hydrogen-bond donors (Lipinski definition) is 1. The largest absolute Gasteiger partial charge is 0.271 e. The third kappa shape index (κ3) is 3.67. The van der Waals surface area contributed by atoms with E-state index in [1.807, 2.05) is 42.5 Å². The van der Waals surface area contributed by atoms with Gasteiger partial charge in [0.05, 0.1) is 0 Å². The molecular formula is C20H22N2O. The van der Waals surface area contributed by atoms with Crippen molar-refractivity contribution in [3.8, 4) is 11.1 Å². The topological polar surface area (TPSA) is 41.5 Å². The van der Waals surface area contributed by atoms with E-state index < -0.39 is 0 Å². The van der Waals surface area contributed by atoms with Gasteiger partial charge in [0.2, 0.25) is 0 Å². The van der Waals surface area contributed by atoms with E-state index in [-0.39, 0.29) is 5.91 Å². The van der Waals surface area contributed by atoms with Crippen LogP contribution in [0.2, 0.25) is 0 Å². The first kappa shape index (κ1) is 15.5. The minimum Gasteiger partial charge on any atom is -0.267 e. The molecule has 3 heteroatoms. The van der Waals surface area contributed by atoms with Crippen LogP contribution in [0.4, 0.5) is 0 Å². The molecule has 1 atom stereocenters. The lowest BCUT2D eigenvalue weighted by molar-refractivity contribution is 0.0954. The molecule has 0 spiro atoms. The van der Waals surface area contributed by atoms with E-state index in [0.717, 1.165) is 29.7 Å². The van der Waals surface area contributed by atoms with Crippen LogP contribution < -0.4 is 5.43 Å². The normalized spacial score (nSPS) is 19.0. The molecule has 23 heavy (non-hydrogen) atoms. The first-order valence-corrected chi connectivity index (χ1v) is 8.30. The zero-order valence-electron chi connectivity index (χ0n) is 13.5. The maximum absolute atomic E-state index is 12.2. The van der Waals surface area contributed by atoms with Crippen LogP contribution in [0, 0.1) is 5.92 Å². The Balaban J connectivity index is 1.67. The molecule has 1 aliphatic carbocycles. The molecule has 1 unspecified atom stereocenters. The average molecular weight is 306 g/mol. The van der Waals surface area contributed by atoms with Crippen LogP contribution in [0.1, 0.15) is 43.0 Å². The second-order valence-corrected chi connectivity index (χ2v) is 5.98. The van der Waals surface area contributed by atoms with Crippen molar-refractivity contribution in [1.82, 2.24) is 5.43 Å². The van der Waals surface area contributed by atoms with E-state index in [1.54, 1.807) is 0 Å². The summed E-state index contributed by atoms with van der Waals surface area (Å²) in [6, 6.07) is 17.8. The Hall–Kier alpha value is -2.42. The highest BCUT2D eigenvalue weighted by Crippen LogP contribution is 2.25. The third-order valence-corrected chi connectivity index (χ3v) is 4.50. The lowest BCUT2D eigenvalue weighted by Gasteiger charge is -2.08. The quantitative estimate of drug-likeness (QED) is 0.821. The summed E-state index contributed by atoms with van der Waals surface area (Å²) in [5, 5.41) is 4.35. The summed E-state index contributed by atoms with van der Waals surface area (Å²) in [5.74, 6) is 0.398. The van der Waals surface area contributed by atoms with Gasteiger partial charge in [0.15, 0.2) is 0 Å². The number of carbonyl (C=O) groups is 1. The Morgan fingerprint density at radius 2 is 1.78 bits per heavy atom. The predicted octanol–water partition coefficient (Wildman–Crippen LogP) is 4.65. The summed E-state index contributed by atoms with van der Waals surface area (Å²) >= 11 is 0. The molecular weight excluding hydrogens is 284 g/mol. The number of benzene rings is 2. The molecule has 1 aliphatic rings. The molecule has 0 aromatic heterocycles. The van der Waals surface area contributed by atoms with Gasteiger partial charge in [-0.2, -0.15) is 5.10 Å². The zero-order chi connectivity index (χ0) is 16.1. The summed E-state index contributed by atoms with van der Waals surface area (Å²) in [7, 11) is 0. The summed E-state index contributed by atoms with van der Waals surface area (Å²) in [5.41, 5.74) is 6.75. The number of nitrogens with zero attached hydrogens (tertiary/aromatic N) is 1. The molecule has 2 aromatic carbocycles. The van der Waals surface area contributed by atoms with Gasteiger partial charge in [0, 0.05) is 11.3 Å². The molecule has 3 rings (SSSR count). The molecule has 2 aromatic rings. The van der Waals surface area contributed by atoms with Crippen molar-refractivity contribution < 1.29 is 4.79 Å². The van der Waals surface area contributed by atoms with Crippen molar-refractivity contribution in [2.75, 3.05) is 0 Å². The van der Waals surface area contributed by atoms with Crippen molar-refractivity contribution in [3.63, 3.8) is 0 Å². The maximum atomic E-state index is 12.2. The van der Waals surface area contributed by atoms with Gasteiger partial charge < -0.3 is 0 Å². The number of hydrogen-bond acceptors (Lipinski definition) is 2. The number of carbonyl (C=O) groups excluding carboxylic acids is 1. The van der Waals surface area contributed by atoms with Crippen LogP contribution in [0.5, 0.6) is 0 Å². The molecule has 0 heterocycles. The zero-order valence-corrected chi connectivity index (χ0v) is 13.5. The SMILES string of the molecule is CCC1CCC/C1=N\NC(=O)c1ccc(-c2ccccc2)cc1. The van der Waals surface area contributed by atoms with Gasteiger partial charge in [-0.1, -0.05) is 49.4 Å². The highest BCUT2D eigenvalue weighted by atomic mass is 16.2. The van der Waals surface area contributed by atoms with E-state index in [0.29, 0.717) is 11.5 Å². The Kier molecular flexibility index (Phi) is 4.86. The van der Waals surface area contributed by atoms with Crippen LogP contribution in [0.3, 0.4) is 0 Å². The van der Waals surface area contributed by atoms with Gasteiger partial charge in [0.1, 0.15) is 0 Å². The highest BCUT2D eigenvalue weighted by Gasteiger charge is 2.21. The Labute approximate surface area is 137 Å². The molecule has 1 N–H and O–H groups in total. The lowest BCUT2D eigenvalue weighted by atomic mass is 10.0. The monoisotopic (exact) mass is 306 g/mol. The summed E-state index contributed by atoms with van der Waals surface area (Å²) in [4.78, 5) is 12.2. The van der Waals surface area contributed by atoms with Gasteiger partial charge in [-0.15, -0.1) is 0 Å². The van der Waals surface area contributed by atoms with Crippen molar-refractivity contribution in [2.45, 2.75) is 32.6 Å². The molecule has 3 nitrogen and oxygen atoms in total. The van der Waals surface area contributed by atoms with Gasteiger partial charge in [-0.3, -0.25) is 4.79 Å². The van der Waals surface area contributed by atoms with Crippen molar-refractivity contribution in [2.24, 2.45) is 11.0 Å². The van der Waals surface area contributed by atoms with E-state index in [4.69, 9.17) is 0 Å².